The summed E-state index contributed by atoms with van der Waals surface area (Å²) in [5.41, 5.74) is 0. The summed E-state index contributed by atoms with van der Waals surface area (Å²) in [7, 11) is 1.85. The van der Waals surface area contributed by atoms with Gasteiger partial charge in [-0.15, -0.1) is 0 Å². The molecule has 0 rings (SSSR count). The number of urea groups is 1. The van der Waals surface area contributed by atoms with Crippen LogP contribution >= 0.6 is 0 Å². The van der Waals surface area contributed by atoms with Crippen molar-refractivity contribution in [2.75, 3.05) is 7.05 Å². The van der Waals surface area contributed by atoms with Crippen molar-refractivity contribution in [2.45, 2.75) is 53.1 Å². The fraction of sp³-hybridized carbons (Fsp3) is 0.909. The normalized spacial score (nSPS) is 13.1. The standard InChI is InChI=1S/C11H24N2O/c1-8(2)7-10(5)13(6)11(14)12-9(3)4/h8-10H,7H2,1-6H3,(H,12,14). The predicted octanol–water partition coefficient (Wildman–Crippen LogP) is 2.47. The van der Waals surface area contributed by atoms with Crippen LogP contribution in [0, 0.1) is 5.92 Å². The lowest BCUT2D eigenvalue weighted by Gasteiger charge is -2.27. The van der Waals surface area contributed by atoms with Crippen molar-refractivity contribution in [1.82, 2.24) is 10.2 Å². The van der Waals surface area contributed by atoms with Crippen LogP contribution in [0.15, 0.2) is 0 Å². The van der Waals surface area contributed by atoms with Gasteiger partial charge < -0.3 is 10.2 Å². The zero-order valence-corrected chi connectivity index (χ0v) is 10.3. The van der Waals surface area contributed by atoms with E-state index in [1.165, 1.54) is 0 Å². The Labute approximate surface area is 87.9 Å². The van der Waals surface area contributed by atoms with Gasteiger partial charge in [0.15, 0.2) is 0 Å². The molecule has 2 amide bonds. The zero-order chi connectivity index (χ0) is 11.3. The van der Waals surface area contributed by atoms with Gasteiger partial charge in [0.1, 0.15) is 0 Å². The number of nitrogens with zero attached hydrogens (tertiary/aromatic N) is 1. The van der Waals surface area contributed by atoms with Crippen LogP contribution in [0.4, 0.5) is 4.79 Å². The predicted molar refractivity (Wildman–Crippen MR) is 60.3 cm³/mol. The Kier molecular flexibility index (Phi) is 5.58. The van der Waals surface area contributed by atoms with Crippen molar-refractivity contribution in [1.29, 1.82) is 0 Å². The highest BCUT2D eigenvalue weighted by Gasteiger charge is 2.16. The first kappa shape index (κ1) is 13.3. The van der Waals surface area contributed by atoms with Crippen LogP contribution in [0.5, 0.6) is 0 Å². The molecule has 3 heteroatoms. The Balaban J connectivity index is 4.03. The summed E-state index contributed by atoms with van der Waals surface area (Å²) >= 11 is 0. The maximum absolute atomic E-state index is 11.6. The Morgan fingerprint density at radius 3 is 2.07 bits per heavy atom. The minimum absolute atomic E-state index is 0.0214. The number of hydrogen-bond acceptors (Lipinski definition) is 1. The largest absolute Gasteiger partial charge is 0.336 e. The van der Waals surface area contributed by atoms with Gasteiger partial charge in [-0.25, -0.2) is 4.79 Å². The SMILES string of the molecule is CC(C)CC(C)N(C)C(=O)NC(C)C. The van der Waals surface area contributed by atoms with Crippen molar-refractivity contribution >= 4 is 6.03 Å². The first-order valence-electron chi connectivity index (χ1n) is 5.38. The van der Waals surface area contributed by atoms with E-state index in [4.69, 9.17) is 0 Å². The fourth-order valence-corrected chi connectivity index (χ4v) is 1.39. The Morgan fingerprint density at radius 1 is 1.21 bits per heavy atom. The number of nitrogens with one attached hydrogen (secondary N) is 1. The first-order valence-corrected chi connectivity index (χ1v) is 5.38. The van der Waals surface area contributed by atoms with Crippen molar-refractivity contribution in [3.63, 3.8) is 0 Å². The molecule has 0 aliphatic carbocycles. The van der Waals surface area contributed by atoms with Crippen molar-refractivity contribution in [3.05, 3.63) is 0 Å². The average Bonchev–Trinajstić information content (AvgIpc) is 2.00. The summed E-state index contributed by atoms with van der Waals surface area (Å²) in [5, 5.41) is 2.88. The van der Waals surface area contributed by atoms with Crippen molar-refractivity contribution in [2.24, 2.45) is 5.92 Å². The summed E-state index contributed by atoms with van der Waals surface area (Å²) in [4.78, 5) is 13.4. The molecule has 1 unspecified atom stereocenters. The molecule has 14 heavy (non-hydrogen) atoms. The minimum Gasteiger partial charge on any atom is -0.336 e. The molecule has 1 atom stereocenters. The molecule has 0 aliphatic rings. The number of carbonyl (C=O) groups excluding carboxylic acids is 1. The molecule has 0 bridgehead atoms. The summed E-state index contributed by atoms with van der Waals surface area (Å²) in [6.07, 6.45) is 1.04. The van der Waals surface area contributed by atoms with E-state index in [1.54, 1.807) is 4.90 Å². The average molecular weight is 200 g/mol. The summed E-state index contributed by atoms with van der Waals surface area (Å²) < 4.78 is 0. The molecule has 0 fully saturated rings. The molecule has 0 aromatic heterocycles. The highest BCUT2D eigenvalue weighted by atomic mass is 16.2. The lowest BCUT2D eigenvalue weighted by atomic mass is 10.0. The van der Waals surface area contributed by atoms with E-state index in [0.717, 1.165) is 6.42 Å². The van der Waals surface area contributed by atoms with Gasteiger partial charge in [-0.3, -0.25) is 0 Å². The number of rotatable bonds is 4. The lowest BCUT2D eigenvalue weighted by molar-refractivity contribution is 0.184. The third-order valence-corrected chi connectivity index (χ3v) is 2.21. The zero-order valence-electron chi connectivity index (χ0n) is 10.3. The molecule has 0 aromatic carbocycles. The van der Waals surface area contributed by atoms with Gasteiger partial charge in [0, 0.05) is 19.1 Å². The van der Waals surface area contributed by atoms with Crippen molar-refractivity contribution in [3.8, 4) is 0 Å². The van der Waals surface area contributed by atoms with Gasteiger partial charge in [-0.05, 0) is 33.1 Å². The molecule has 0 saturated heterocycles. The van der Waals surface area contributed by atoms with E-state index in [1.807, 2.05) is 20.9 Å². The second-order valence-electron chi connectivity index (χ2n) is 4.69. The molecule has 0 heterocycles. The van der Waals surface area contributed by atoms with Crippen LogP contribution < -0.4 is 5.32 Å². The third kappa shape index (κ3) is 5.10. The molecule has 0 spiro atoms. The second kappa shape index (κ2) is 5.89. The van der Waals surface area contributed by atoms with Crippen LogP contribution in [0.1, 0.15) is 41.0 Å². The van der Waals surface area contributed by atoms with E-state index in [-0.39, 0.29) is 12.1 Å². The lowest BCUT2D eigenvalue weighted by Crippen LogP contribution is -2.45. The molecular weight excluding hydrogens is 176 g/mol. The number of carbonyl (C=O) groups is 1. The van der Waals surface area contributed by atoms with Gasteiger partial charge >= 0.3 is 6.03 Å². The van der Waals surface area contributed by atoms with Gasteiger partial charge in [-0.2, -0.15) is 0 Å². The summed E-state index contributed by atoms with van der Waals surface area (Å²) in [6.45, 7) is 10.4. The van der Waals surface area contributed by atoms with E-state index in [0.29, 0.717) is 12.0 Å². The monoisotopic (exact) mass is 200 g/mol. The van der Waals surface area contributed by atoms with Crippen LogP contribution in [-0.2, 0) is 0 Å². The van der Waals surface area contributed by atoms with E-state index >= 15 is 0 Å². The molecule has 84 valence electrons. The minimum atomic E-state index is 0.0214. The molecule has 0 aromatic rings. The number of amides is 2. The van der Waals surface area contributed by atoms with Crippen molar-refractivity contribution < 1.29 is 4.79 Å². The van der Waals surface area contributed by atoms with Crippen LogP contribution in [-0.4, -0.2) is 30.1 Å². The fourth-order valence-electron chi connectivity index (χ4n) is 1.39. The maximum atomic E-state index is 11.6. The van der Waals surface area contributed by atoms with E-state index in [9.17, 15) is 4.79 Å². The van der Waals surface area contributed by atoms with Gasteiger partial charge in [-0.1, -0.05) is 13.8 Å². The van der Waals surface area contributed by atoms with Crippen LogP contribution in [0.2, 0.25) is 0 Å². The van der Waals surface area contributed by atoms with Gasteiger partial charge in [0.2, 0.25) is 0 Å². The summed E-state index contributed by atoms with van der Waals surface area (Å²) in [6, 6.07) is 0.526. The molecule has 0 saturated carbocycles. The smallest absolute Gasteiger partial charge is 0.317 e. The topological polar surface area (TPSA) is 32.3 Å². The molecule has 3 nitrogen and oxygen atoms in total. The molecule has 1 N–H and O–H groups in total. The van der Waals surface area contributed by atoms with Crippen LogP contribution in [0.25, 0.3) is 0 Å². The summed E-state index contributed by atoms with van der Waals surface area (Å²) in [5.74, 6) is 0.624. The highest BCUT2D eigenvalue weighted by Crippen LogP contribution is 2.09. The third-order valence-electron chi connectivity index (χ3n) is 2.21. The van der Waals surface area contributed by atoms with E-state index < -0.39 is 0 Å². The number of hydrogen-bond donors (Lipinski definition) is 1. The molecule has 0 aliphatic heterocycles. The van der Waals surface area contributed by atoms with E-state index in [2.05, 4.69) is 26.1 Å². The quantitative estimate of drug-likeness (QED) is 0.743. The molecule has 0 radical (unpaired) electrons. The molecular formula is C11H24N2O. The van der Waals surface area contributed by atoms with Crippen LogP contribution in [0.3, 0.4) is 0 Å². The highest BCUT2D eigenvalue weighted by molar-refractivity contribution is 5.74. The Bertz CT molecular complexity index is 178. The van der Waals surface area contributed by atoms with Gasteiger partial charge in [0.05, 0.1) is 0 Å². The van der Waals surface area contributed by atoms with Gasteiger partial charge in [0.25, 0.3) is 0 Å². The Morgan fingerprint density at radius 2 is 1.71 bits per heavy atom. The first-order chi connectivity index (χ1) is 6.34. The second-order valence-corrected chi connectivity index (χ2v) is 4.69. The maximum Gasteiger partial charge on any atom is 0.317 e. The Hall–Kier alpha value is -0.730.